The zero-order valence-corrected chi connectivity index (χ0v) is 10.2. The van der Waals surface area contributed by atoms with Crippen LogP contribution in [0, 0.1) is 6.92 Å². The van der Waals surface area contributed by atoms with Crippen LogP contribution in [0.15, 0.2) is 24.3 Å². The molecular weight excluding hydrogens is 230 g/mol. The average molecular weight is 245 g/mol. The smallest absolute Gasteiger partial charge is 0.303 e. The Bertz CT molecular complexity index is 569. The number of hydrogen-bond acceptors (Lipinski definition) is 4. The van der Waals surface area contributed by atoms with E-state index in [2.05, 4.69) is 15.5 Å². The van der Waals surface area contributed by atoms with Gasteiger partial charge in [-0.05, 0) is 13.3 Å². The Hall–Kier alpha value is -2.17. The lowest BCUT2D eigenvalue weighted by atomic mass is 10.1. The van der Waals surface area contributed by atoms with E-state index in [4.69, 9.17) is 5.11 Å². The number of hydrogen-bond donors (Lipinski definition) is 2. The summed E-state index contributed by atoms with van der Waals surface area (Å²) in [6, 6.07) is 7.90. The Labute approximate surface area is 105 Å². The van der Waals surface area contributed by atoms with Gasteiger partial charge in [0.2, 0.25) is 0 Å². The van der Waals surface area contributed by atoms with Gasteiger partial charge in [0.15, 0.2) is 5.82 Å². The van der Waals surface area contributed by atoms with Crippen molar-refractivity contribution in [1.82, 2.24) is 10.2 Å². The first-order valence-corrected chi connectivity index (χ1v) is 5.86. The normalized spacial score (nSPS) is 10.5. The van der Waals surface area contributed by atoms with E-state index in [0.717, 1.165) is 16.5 Å². The highest BCUT2D eigenvalue weighted by Crippen LogP contribution is 2.22. The summed E-state index contributed by atoms with van der Waals surface area (Å²) in [5.41, 5.74) is 0.890. The van der Waals surface area contributed by atoms with Crippen LogP contribution in [0.5, 0.6) is 0 Å². The summed E-state index contributed by atoms with van der Waals surface area (Å²) in [4.78, 5) is 10.4. The van der Waals surface area contributed by atoms with Crippen LogP contribution >= 0.6 is 0 Å². The van der Waals surface area contributed by atoms with Crippen molar-refractivity contribution in [2.75, 3.05) is 11.9 Å². The lowest BCUT2D eigenvalue weighted by molar-refractivity contribution is -0.137. The first-order valence-electron chi connectivity index (χ1n) is 5.86. The third kappa shape index (κ3) is 2.74. The first-order chi connectivity index (χ1) is 8.68. The maximum Gasteiger partial charge on any atom is 0.303 e. The van der Waals surface area contributed by atoms with Crippen molar-refractivity contribution in [3.63, 3.8) is 0 Å². The van der Waals surface area contributed by atoms with Crippen molar-refractivity contribution in [3.8, 4) is 0 Å². The quantitative estimate of drug-likeness (QED) is 0.790. The predicted molar refractivity (Wildman–Crippen MR) is 69.6 cm³/mol. The highest BCUT2D eigenvalue weighted by molar-refractivity contribution is 5.92. The Balaban J connectivity index is 2.14. The number of aromatic nitrogens is 2. The van der Waals surface area contributed by atoms with Crippen molar-refractivity contribution >= 4 is 22.6 Å². The van der Waals surface area contributed by atoms with Crippen LogP contribution in [0.4, 0.5) is 5.82 Å². The molecule has 0 aliphatic heterocycles. The third-order valence-corrected chi connectivity index (χ3v) is 2.73. The topological polar surface area (TPSA) is 75.1 Å². The molecule has 1 heterocycles. The van der Waals surface area contributed by atoms with Gasteiger partial charge in [0.05, 0.1) is 5.69 Å². The van der Waals surface area contributed by atoms with E-state index in [0.29, 0.717) is 18.8 Å². The summed E-state index contributed by atoms with van der Waals surface area (Å²) in [5.74, 6) is -0.0711. The molecule has 0 unspecified atom stereocenters. The summed E-state index contributed by atoms with van der Waals surface area (Å²) in [6.45, 7) is 2.50. The minimum Gasteiger partial charge on any atom is -0.481 e. The van der Waals surface area contributed by atoms with Crippen molar-refractivity contribution in [2.24, 2.45) is 0 Å². The van der Waals surface area contributed by atoms with Gasteiger partial charge in [-0.3, -0.25) is 4.79 Å². The predicted octanol–water partition coefficient (Wildman–Crippen LogP) is 2.21. The van der Waals surface area contributed by atoms with Gasteiger partial charge < -0.3 is 10.4 Å². The average Bonchev–Trinajstić information content (AvgIpc) is 2.37. The van der Waals surface area contributed by atoms with E-state index in [1.165, 1.54) is 0 Å². The van der Waals surface area contributed by atoms with Crippen LogP contribution in [0.2, 0.25) is 0 Å². The molecule has 0 fully saturated rings. The molecule has 0 radical (unpaired) electrons. The second kappa shape index (κ2) is 5.44. The molecule has 2 rings (SSSR count). The number of aryl methyl sites for hydroxylation is 1. The highest BCUT2D eigenvalue weighted by Gasteiger charge is 2.05. The number of anilines is 1. The van der Waals surface area contributed by atoms with Crippen LogP contribution in [0.1, 0.15) is 18.5 Å². The monoisotopic (exact) mass is 245 g/mol. The summed E-state index contributed by atoms with van der Waals surface area (Å²) in [6.07, 6.45) is 0.726. The molecule has 0 amide bonds. The van der Waals surface area contributed by atoms with E-state index in [1.54, 1.807) is 0 Å². The van der Waals surface area contributed by atoms with Gasteiger partial charge in [0, 0.05) is 23.7 Å². The molecule has 18 heavy (non-hydrogen) atoms. The summed E-state index contributed by atoms with van der Waals surface area (Å²) < 4.78 is 0. The Morgan fingerprint density at radius 3 is 2.72 bits per heavy atom. The fourth-order valence-electron chi connectivity index (χ4n) is 1.81. The van der Waals surface area contributed by atoms with Gasteiger partial charge in [0.1, 0.15) is 0 Å². The number of fused-ring (bicyclic) bond motifs is 1. The van der Waals surface area contributed by atoms with Crippen molar-refractivity contribution in [1.29, 1.82) is 0 Å². The third-order valence-electron chi connectivity index (χ3n) is 2.73. The molecule has 0 saturated heterocycles. The number of carboxylic acids is 1. The molecule has 2 N–H and O–H groups in total. The van der Waals surface area contributed by atoms with Gasteiger partial charge in [-0.15, -0.1) is 5.10 Å². The number of nitrogens with zero attached hydrogens (tertiary/aromatic N) is 2. The molecular formula is C13H15N3O2. The molecule has 0 atom stereocenters. The summed E-state index contributed by atoms with van der Waals surface area (Å²) in [7, 11) is 0. The van der Waals surface area contributed by atoms with E-state index in [1.807, 2.05) is 31.2 Å². The summed E-state index contributed by atoms with van der Waals surface area (Å²) in [5, 5.41) is 22.0. The Morgan fingerprint density at radius 1 is 1.28 bits per heavy atom. The molecule has 94 valence electrons. The minimum atomic E-state index is -0.781. The van der Waals surface area contributed by atoms with Gasteiger partial charge in [0.25, 0.3) is 0 Å². The fourth-order valence-corrected chi connectivity index (χ4v) is 1.81. The lowest BCUT2D eigenvalue weighted by Gasteiger charge is -2.08. The lowest BCUT2D eigenvalue weighted by Crippen LogP contribution is -2.07. The van der Waals surface area contributed by atoms with Gasteiger partial charge >= 0.3 is 5.97 Å². The summed E-state index contributed by atoms with van der Waals surface area (Å²) >= 11 is 0. The molecule has 0 bridgehead atoms. The van der Waals surface area contributed by atoms with E-state index in [-0.39, 0.29) is 6.42 Å². The number of rotatable bonds is 5. The first kappa shape index (κ1) is 12.3. The standard InChI is InChI=1S/C13H15N3O2/c1-9-10-5-2-3-6-11(10)13(16-15-9)14-8-4-7-12(17)18/h2-3,5-6H,4,7-8H2,1H3,(H,14,16)(H,17,18). The number of carbonyl (C=O) groups is 1. The molecule has 0 spiro atoms. The van der Waals surface area contributed by atoms with Crippen LogP contribution in [-0.2, 0) is 4.79 Å². The van der Waals surface area contributed by atoms with Gasteiger partial charge in [-0.25, -0.2) is 0 Å². The number of carboxylic acid groups (broad SMARTS) is 1. The highest BCUT2D eigenvalue weighted by atomic mass is 16.4. The Morgan fingerprint density at radius 2 is 2.00 bits per heavy atom. The zero-order chi connectivity index (χ0) is 13.0. The van der Waals surface area contributed by atoms with Gasteiger partial charge in [-0.1, -0.05) is 24.3 Å². The molecule has 2 aromatic rings. The second-order valence-corrected chi connectivity index (χ2v) is 4.10. The largest absolute Gasteiger partial charge is 0.481 e. The van der Waals surface area contributed by atoms with Crippen molar-refractivity contribution in [2.45, 2.75) is 19.8 Å². The maximum atomic E-state index is 10.4. The molecule has 1 aromatic heterocycles. The fraction of sp³-hybridized carbons (Fsp3) is 0.308. The minimum absolute atomic E-state index is 0.157. The number of aliphatic carboxylic acids is 1. The van der Waals surface area contributed by atoms with Crippen LogP contribution in [0.25, 0.3) is 10.8 Å². The second-order valence-electron chi connectivity index (χ2n) is 4.10. The van der Waals surface area contributed by atoms with Crippen LogP contribution < -0.4 is 5.32 Å². The molecule has 0 saturated carbocycles. The molecule has 5 nitrogen and oxygen atoms in total. The zero-order valence-electron chi connectivity index (χ0n) is 10.2. The van der Waals surface area contributed by atoms with Crippen molar-refractivity contribution in [3.05, 3.63) is 30.0 Å². The Kier molecular flexibility index (Phi) is 3.72. The van der Waals surface area contributed by atoms with E-state index >= 15 is 0 Å². The van der Waals surface area contributed by atoms with E-state index < -0.39 is 5.97 Å². The van der Waals surface area contributed by atoms with Gasteiger partial charge in [-0.2, -0.15) is 5.10 Å². The van der Waals surface area contributed by atoms with Crippen LogP contribution in [0.3, 0.4) is 0 Å². The van der Waals surface area contributed by atoms with Crippen LogP contribution in [-0.4, -0.2) is 27.8 Å². The molecule has 0 aliphatic carbocycles. The molecule has 0 aliphatic rings. The van der Waals surface area contributed by atoms with E-state index in [9.17, 15) is 4.79 Å². The number of nitrogens with one attached hydrogen (secondary N) is 1. The number of benzene rings is 1. The SMILES string of the molecule is Cc1nnc(NCCCC(=O)O)c2ccccc12. The molecule has 1 aromatic carbocycles. The molecule has 5 heteroatoms. The van der Waals surface area contributed by atoms with Crippen molar-refractivity contribution < 1.29 is 9.90 Å². The maximum absolute atomic E-state index is 10.4.